The van der Waals surface area contributed by atoms with Crippen LogP contribution in [0.25, 0.3) is 0 Å². The highest BCUT2D eigenvalue weighted by atomic mass is 19.1. The van der Waals surface area contributed by atoms with Crippen LogP contribution in [0.2, 0.25) is 0 Å². The van der Waals surface area contributed by atoms with Gasteiger partial charge in [0.05, 0.1) is 32.6 Å². The van der Waals surface area contributed by atoms with E-state index in [1.807, 2.05) is 5.32 Å². The van der Waals surface area contributed by atoms with Crippen LogP contribution in [0.3, 0.4) is 0 Å². The minimum Gasteiger partial charge on any atom is -0.481 e. The highest BCUT2D eigenvalue weighted by Crippen LogP contribution is 2.06. The second-order valence-electron chi connectivity index (χ2n) is 8.80. The number of carbonyl (C=O) groups is 6. The highest BCUT2D eigenvalue weighted by molar-refractivity contribution is 5.86. The van der Waals surface area contributed by atoms with Gasteiger partial charge in [-0.05, 0) is 25.7 Å². The van der Waals surface area contributed by atoms with E-state index in [1.54, 1.807) is 0 Å². The first-order valence-corrected chi connectivity index (χ1v) is 12.8. The molecule has 3 amide bonds. The van der Waals surface area contributed by atoms with E-state index in [1.165, 1.54) is 10.9 Å². The minimum absolute atomic E-state index is 0.0325. The molecule has 18 nitrogen and oxygen atoms in total. The number of hydrogen-bond donors (Lipinski definition) is 6. The van der Waals surface area contributed by atoms with Gasteiger partial charge in [-0.15, -0.1) is 5.10 Å². The number of carbonyl (C=O) groups excluding carboxylic acids is 2. The van der Waals surface area contributed by atoms with E-state index in [-0.39, 0.29) is 58.8 Å². The van der Waals surface area contributed by atoms with Crippen molar-refractivity contribution in [2.75, 3.05) is 39.6 Å². The molecule has 42 heavy (non-hydrogen) atoms. The maximum absolute atomic E-state index is 12.7. The number of nitrogens with zero attached hydrogens (tertiary/aromatic N) is 4. The van der Waals surface area contributed by atoms with Crippen molar-refractivity contribution in [3.8, 4) is 0 Å². The number of halogens is 1. The maximum Gasteiger partial charge on any atom is 0.326 e. The number of ether oxygens (including phenoxy) is 2. The number of aliphatic carboxylic acids is 4. The molecular weight excluding hydrogens is 571 g/mol. The fraction of sp³-hybridized carbons (Fsp3) is 0.652. The van der Waals surface area contributed by atoms with Gasteiger partial charge in [-0.1, -0.05) is 5.21 Å². The van der Waals surface area contributed by atoms with Crippen molar-refractivity contribution in [1.29, 1.82) is 0 Å². The van der Waals surface area contributed by atoms with E-state index < -0.39 is 74.0 Å². The molecule has 6 N–H and O–H groups in total. The number of carboxylic acid groups (broad SMARTS) is 4. The van der Waals surface area contributed by atoms with Crippen molar-refractivity contribution in [3.63, 3.8) is 0 Å². The number of hydrogen-bond acceptors (Lipinski definition) is 10. The van der Waals surface area contributed by atoms with Crippen LogP contribution in [0.1, 0.15) is 37.8 Å². The van der Waals surface area contributed by atoms with Gasteiger partial charge in [0, 0.05) is 13.0 Å². The first kappa shape index (κ1) is 35.6. The molecule has 1 rings (SSSR count). The quantitative estimate of drug-likeness (QED) is 0.0811. The Kier molecular flexibility index (Phi) is 16.7. The summed E-state index contributed by atoms with van der Waals surface area (Å²) in [4.78, 5) is 70.6. The van der Waals surface area contributed by atoms with Crippen LogP contribution in [0, 0.1) is 0 Å². The smallest absolute Gasteiger partial charge is 0.326 e. The molecule has 0 fully saturated rings. The largest absolute Gasteiger partial charge is 0.481 e. The van der Waals surface area contributed by atoms with Gasteiger partial charge in [0.1, 0.15) is 37.5 Å². The van der Waals surface area contributed by atoms with Crippen LogP contribution in [-0.2, 0) is 46.6 Å². The number of carboxylic acids is 4. The number of aromatic nitrogens is 3. The van der Waals surface area contributed by atoms with Crippen molar-refractivity contribution in [3.05, 3.63) is 11.9 Å². The number of unbranched alkanes of at least 4 members (excludes halogenated alkanes) is 1. The second-order valence-corrected chi connectivity index (χ2v) is 8.80. The molecule has 236 valence electrons. The Bertz CT molecular complexity index is 1050. The van der Waals surface area contributed by atoms with Crippen molar-refractivity contribution in [2.45, 2.75) is 57.3 Å². The van der Waals surface area contributed by atoms with E-state index in [0.29, 0.717) is 5.69 Å². The van der Waals surface area contributed by atoms with Gasteiger partial charge in [-0.3, -0.25) is 14.4 Å². The number of alkyl halides is 1. The summed E-state index contributed by atoms with van der Waals surface area (Å²) in [7, 11) is 0. The lowest BCUT2D eigenvalue weighted by molar-refractivity contribution is -0.144. The third-order valence-electron chi connectivity index (χ3n) is 5.43. The molecule has 0 saturated heterocycles. The molecule has 19 heteroatoms. The van der Waals surface area contributed by atoms with Gasteiger partial charge in [0.15, 0.2) is 0 Å². The first-order valence-electron chi connectivity index (χ1n) is 12.8. The lowest BCUT2D eigenvalue weighted by atomic mass is 10.1. The molecule has 0 spiro atoms. The summed E-state index contributed by atoms with van der Waals surface area (Å²) in [6.45, 7) is -1.20. The van der Waals surface area contributed by atoms with Crippen LogP contribution in [0.4, 0.5) is 9.18 Å². The Morgan fingerprint density at radius 1 is 0.905 bits per heavy atom. The average molecular weight is 607 g/mol. The second kappa shape index (κ2) is 19.6. The summed E-state index contributed by atoms with van der Waals surface area (Å²) >= 11 is 0. The third-order valence-corrected chi connectivity index (χ3v) is 5.43. The summed E-state index contributed by atoms with van der Waals surface area (Å²) < 4.78 is 23.4. The molecule has 0 aliphatic heterocycles. The van der Waals surface area contributed by atoms with E-state index in [2.05, 4.69) is 15.6 Å². The molecule has 0 aliphatic carbocycles. The fourth-order valence-electron chi connectivity index (χ4n) is 3.42. The highest BCUT2D eigenvalue weighted by Gasteiger charge is 2.25. The zero-order valence-corrected chi connectivity index (χ0v) is 22.6. The average Bonchev–Trinajstić information content (AvgIpc) is 3.35. The molecular formula is C23H35FN6O12. The predicted octanol–water partition coefficient (Wildman–Crippen LogP) is -1.07. The van der Waals surface area contributed by atoms with E-state index in [4.69, 9.17) is 19.7 Å². The normalized spacial score (nSPS) is 12.2. The van der Waals surface area contributed by atoms with Crippen LogP contribution < -0.4 is 10.6 Å². The standard InChI is InChI=1S/C23H35FN6O12/c24-6-8-41-9-10-42-14-15-11-30(28-27-15)12-18(31)29(13-20(34)35)7-2-1-3-16(21(36)37)25-23(40)26-17(22(38)39)4-5-19(32)33/h11,16-17H,1-10,12-14H2,(H,32,33)(H,34,35)(H,36,37)(H,38,39)(H2,25,26,40)/t16-,17-/m0/s1. The number of urea groups is 1. The molecule has 0 unspecified atom stereocenters. The van der Waals surface area contributed by atoms with E-state index >= 15 is 0 Å². The molecule has 0 saturated carbocycles. The van der Waals surface area contributed by atoms with Gasteiger partial charge < -0.3 is 45.4 Å². The molecule has 0 bridgehead atoms. The van der Waals surface area contributed by atoms with Gasteiger partial charge in [0.2, 0.25) is 5.91 Å². The van der Waals surface area contributed by atoms with Gasteiger partial charge in [-0.25, -0.2) is 23.5 Å². The van der Waals surface area contributed by atoms with Crippen molar-refractivity contribution in [1.82, 2.24) is 30.5 Å². The first-order chi connectivity index (χ1) is 19.9. The van der Waals surface area contributed by atoms with Crippen LogP contribution >= 0.6 is 0 Å². The Labute approximate surface area is 238 Å². The molecule has 1 aromatic rings. The number of amides is 3. The summed E-state index contributed by atoms with van der Waals surface area (Å²) in [5, 5.41) is 48.2. The molecule has 0 radical (unpaired) electrons. The lowest BCUT2D eigenvalue weighted by Gasteiger charge is -2.21. The molecule has 2 atom stereocenters. The van der Waals surface area contributed by atoms with Crippen molar-refractivity contribution < 1.29 is 63.1 Å². The molecule has 0 aliphatic rings. The SMILES string of the molecule is O=C(O)CC[C@H](NC(=O)N[C@@H](CCCCN(CC(=O)O)C(=O)Cn1cc(COCCOCCF)nn1)C(=O)O)C(=O)O. The monoisotopic (exact) mass is 606 g/mol. The van der Waals surface area contributed by atoms with E-state index in [9.17, 15) is 43.4 Å². The summed E-state index contributed by atoms with van der Waals surface area (Å²) in [6, 6.07) is -4.10. The summed E-state index contributed by atoms with van der Waals surface area (Å²) in [5.41, 5.74) is 0.394. The fourth-order valence-corrected chi connectivity index (χ4v) is 3.42. The molecule has 1 heterocycles. The van der Waals surface area contributed by atoms with Crippen LogP contribution in [-0.4, -0.2) is 128 Å². The molecule has 1 aromatic heterocycles. The van der Waals surface area contributed by atoms with E-state index in [0.717, 1.165) is 4.90 Å². The maximum atomic E-state index is 12.7. The number of rotatable bonds is 23. The lowest BCUT2D eigenvalue weighted by Crippen LogP contribution is -2.51. The predicted molar refractivity (Wildman–Crippen MR) is 136 cm³/mol. The minimum atomic E-state index is -1.55. The van der Waals surface area contributed by atoms with Gasteiger partial charge in [-0.2, -0.15) is 0 Å². The Hall–Kier alpha value is -4.39. The summed E-state index contributed by atoms with van der Waals surface area (Å²) in [5.74, 6) is -6.05. The zero-order chi connectivity index (χ0) is 31.5. The number of nitrogens with one attached hydrogen (secondary N) is 2. The van der Waals surface area contributed by atoms with Crippen molar-refractivity contribution in [2.24, 2.45) is 0 Å². The zero-order valence-electron chi connectivity index (χ0n) is 22.6. The van der Waals surface area contributed by atoms with Crippen LogP contribution in [0.15, 0.2) is 6.20 Å². The summed E-state index contributed by atoms with van der Waals surface area (Å²) in [6.07, 6.45) is 0.674. The Morgan fingerprint density at radius 3 is 2.14 bits per heavy atom. The topological polar surface area (TPSA) is 260 Å². The van der Waals surface area contributed by atoms with Gasteiger partial charge in [0.25, 0.3) is 0 Å². The Balaban J connectivity index is 2.57. The van der Waals surface area contributed by atoms with Crippen molar-refractivity contribution >= 4 is 35.8 Å². The molecule has 0 aromatic carbocycles. The Morgan fingerprint density at radius 2 is 1.55 bits per heavy atom. The van der Waals surface area contributed by atoms with Gasteiger partial charge >= 0.3 is 29.9 Å². The third kappa shape index (κ3) is 15.4. The van der Waals surface area contributed by atoms with Crippen LogP contribution in [0.5, 0.6) is 0 Å².